The van der Waals surface area contributed by atoms with Crippen LogP contribution in [0.3, 0.4) is 0 Å². The Hall–Kier alpha value is -2.82. The molecule has 5 nitrogen and oxygen atoms in total. The molecule has 0 saturated carbocycles. The summed E-state index contributed by atoms with van der Waals surface area (Å²) in [6, 6.07) is 14.3. The first-order valence-electron chi connectivity index (χ1n) is 7.80. The lowest BCUT2D eigenvalue weighted by Crippen LogP contribution is -2.17. The number of amides is 1. The predicted octanol–water partition coefficient (Wildman–Crippen LogP) is 3.28. The van der Waals surface area contributed by atoms with Gasteiger partial charge in [0.15, 0.2) is 0 Å². The van der Waals surface area contributed by atoms with Crippen LogP contribution in [-0.4, -0.2) is 23.1 Å². The van der Waals surface area contributed by atoms with Crippen molar-refractivity contribution in [1.29, 1.82) is 0 Å². The monoisotopic (exact) mass is 327 g/mol. The molecule has 2 aromatic carbocycles. The summed E-state index contributed by atoms with van der Waals surface area (Å²) >= 11 is 0. The van der Waals surface area contributed by atoms with Crippen molar-refractivity contribution in [2.24, 2.45) is 0 Å². The summed E-state index contributed by atoms with van der Waals surface area (Å²) in [6.07, 6.45) is 0.0406. The van der Waals surface area contributed by atoms with Crippen LogP contribution in [0, 0.1) is 0 Å². The van der Waals surface area contributed by atoms with Gasteiger partial charge in [0.1, 0.15) is 5.75 Å². The van der Waals surface area contributed by atoms with Gasteiger partial charge in [-0.15, -0.1) is 0 Å². The number of benzene rings is 2. The number of ether oxygens (including phenoxy) is 1. The second-order valence-electron chi connectivity index (χ2n) is 5.73. The number of hydrogen-bond donors (Lipinski definition) is 2. The van der Waals surface area contributed by atoms with Gasteiger partial charge in [-0.25, -0.2) is 0 Å². The van der Waals surface area contributed by atoms with E-state index in [1.54, 1.807) is 24.3 Å². The molecule has 0 heterocycles. The maximum Gasteiger partial charge on any atom is 0.307 e. The number of carboxylic acids is 1. The highest BCUT2D eigenvalue weighted by Gasteiger charge is 2.12. The smallest absolute Gasteiger partial charge is 0.307 e. The number of carboxylic acid groups (broad SMARTS) is 1. The average Bonchev–Trinajstić information content (AvgIpc) is 2.50. The SMILES string of the molecule is CC(C)Oc1ccccc1CC(=O)Nc1ccccc1CC(=O)O. The molecular weight excluding hydrogens is 306 g/mol. The maximum absolute atomic E-state index is 12.3. The molecule has 0 radical (unpaired) electrons. The van der Waals surface area contributed by atoms with Crippen molar-refractivity contribution in [3.05, 3.63) is 59.7 Å². The van der Waals surface area contributed by atoms with E-state index in [9.17, 15) is 9.59 Å². The standard InChI is InChI=1S/C19H21NO4/c1-13(2)24-17-10-6-4-8-15(17)11-18(21)20-16-9-5-3-7-14(16)12-19(22)23/h3-10,13H,11-12H2,1-2H3,(H,20,21)(H,22,23). The van der Waals surface area contributed by atoms with Gasteiger partial charge in [-0.1, -0.05) is 36.4 Å². The Morgan fingerprint density at radius 1 is 1.00 bits per heavy atom. The minimum absolute atomic E-state index is 0.0190. The van der Waals surface area contributed by atoms with Crippen molar-refractivity contribution in [3.63, 3.8) is 0 Å². The molecule has 126 valence electrons. The Kier molecular flexibility index (Phi) is 5.95. The first-order valence-corrected chi connectivity index (χ1v) is 7.80. The van der Waals surface area contributed by atoms with Gasteiger partial charge in [0.2, 0.25) is 5.91 Å². The summed E-state index contributed by atoms with van der Waals surface area (Å²) in [5.41, 5.74) is 1.89. The molecule has 2 N–H and O–H groups in total. The minimum atomic E-state index is -0.938. The number of nitrogens with one attached hydrogen (secondary N) is 1. The van der Waals surface area contributed by atoms with E-state index >= 15 is 0 Å². The lowest BCUT2D eigenvalue weighted by atomic mass is 10.1. The first-order chi connectivity index (χ1) is 11.5. The van der Waals surface area contributed by atoms with E-state index in [1.165, 1.54) is 0 Å². The van der Waals surface area contributed by atoms with Gasteiger partial charge in [-0.3, -0.25) is 9.59 Å². The van der Waals surface area contributed by atoms with E-state index < -0.39 is 5.97 Å². The summed E-state index contributed by atoms with van der Waals surface area (Å²) in [4.78, 5) is 23.3. The number of rotatable bonds is 7. The second kappa shape index (κ2) is 8.15. The van der Waals surface area contributed by atoms with Crippen LogP contribution < -0.4 is 10.1 Å². The number of carbonyl (C=O) groups excluding carboxylic acids is 1. The molecule has 0 fully saturated rings. The molecule has 0 atom stereocenters. The van der Waals surface area contributed by atoms with Crippen molar-refractivity contribution in [2.75, 3.05) is 5.32 Å². The zero-order valence-electron chi connectivity index (χ0n) is 13.8. The van der Waals surface area contributed by atoms with Crippen LogP contribution >= 0.6 is 0 Å². The summed E-state index contributed by atoms with van der Waals surface area (Å²) in [7, 11) is 0. The molecule has 0 aliphatic rings. The van der Waals surface area contributed by atoms with Crippen LogP contribution in [0.2, 0.25) is 0 Å². The number of para-hydroxylation sites is 2. The topological polar surface area (TPSA) is 75.6 Å². The minimum Gasteiger partial charge on any atom is -0.491 e. The molecular formula is C19H21NO4. The van der Waals surface area contributed by atoms with Gasteiger partial charge in [-0.05, 0) is 31.5 Å². The third kappa shape index (κ3) is 5.12. The first kappa shape index (κ1) is 17.5. The summed E-state index contributed by atoms with van der Waals surface area (Å²) < 4.78 is 5.72. The maximum atomic E-state index is 12.3. The third-order valence-electron chi connectivity index (χ3n) is 3.32. The number of hydrogen-bond acceptors (Lipinski definition) is 3. The van der Waals surface area contributed by atoms with Gasteiger partial charge in [0.25, 0.3) is 0 Å². The van der Waals surface area contributed by atoms with Crippen LogP contribution in [0.25, 0.3) is 0 Å². The highest BCUT2D eigenvalue weighted by molar-refractivity contribution is 5.94. The normalized spacial score (nSPS) is 10.5. The molecule has 2 rings (SSSR count). The third-order valence-corrected chi connectivity index (χ3v) is 3.32. The van der Waals surface area contributed by atoms with Gasteiger partial charge >= 0.3 is 5.97 Å². The lowest BCUT2D eigenvalue weighted by molar-refractivity contribution is -0.136. The fourth-order valence-electron chi connectivity index (χ4n) is 2.35. The van der Waals surface area contributed by atoms with E-state index in [0.29, 0.717) is 17.0 Å². The van der Waals surface area contributed by atoms with Crippen molar-refractivity contribution in [2.45, 2.75) is 32.8 Å². The number of aliphatic carboxylic acids is 1. The molecule has 5 heteroatoms. The van der Waals surface area contributed by atoms with E-state index in [4.69, 9.17) is 9.84 Å². The predicted molar refractivity (Wildman–Crippen MR) is 92.3 cm³/mol. The van der Waals surface area contributed by atoms with Crippen molar-refractivity contribution in [3.8, 4) is 5.75 Å². The van der Waals surface area contributed by atoms with Crippen molar-refractivity contribution in [1.82, 2.24) is 0 Å². The Balaban J connectivity index is 2.11. The Labute approximate surface area is 141 Å². The zero-order chi connectivity index (χ0) is 17.5. The number of carbonyl (C=O) groups is 2. The molecule has 0 aliphatic carbocycles. The molecule has 0 bridgehead atoms. The fourth-order valence-corrected chi connectivity index (χ4v) is 2.35. The molecule has 0 unspecified atom stereocenters. The largest absolute Gasteiger partial charge is 0.491 e. The molecule has 1 amide bonds. The van der Waals surface area contributed by atoms with Gasteiger partial charge < -0.3 is 15.2 Å². The lowest BCUT2D eigenvalue weighted by Gasteiger charge is -2.14. The van der Waals surface area contributed by atoms with Gasteiger partial charge in [0, 0.05) is 11.3 Å². The molecule has 0 spiro atoms. The van der Waals surface area contributed by atoms with Gasteiger partial charge in [-0.2, -0.15) is 0 Å². The van der Waals surface area contributed by atoms with Crippen LogP contribution in [0.4, 0.5) is 5.69 Å². The van der Waals surface area contributed by atoms with E-state index in [-0.39, 0.29) is 24.9 Å². The van der Waals surface area contributed by atoms with E-state index in [1.807, 2.05) is 38.1 Å². The Morgan fingerprint density at radius 3 is 2.29 bits per heavy atom. The molecule has 24 heavy (non-hydrogen) atoms. The van der Waals surface area contributed by atoms with Crippen LogP contribution in [0.15, 0.2) is 48.5 Å². The molecule has 0 aliphatic heterocycles. The van der Waals surface area contributed by atoms with E-state index in [2.05, 4.69) is 5.32 Å². The summed E-state index contributed by atoms with van der Waals surface area (Å²) in [5.74, 6) is -0.471. The Bertz CT molecular complexity index is 725. The highest BCUT2D eigenvalue weighted by atomic mass is 16.5. The van der Waals surface area contributed by atoms with Crippen LogP contribution in [-0.2, 0) is 22.4 Å². The zero-order valence-corrected chi connectivity index (χ0v) is 13.8. The average molecular weight is 327 g/mol. The molecule has 2 aromatic rings. The summed E-state index contributed by atoms with van der Waals surface area (Å²) in [5, 5.41) is 11.7. The van der Waals surface area contributed by atoms with Crippen molar-refractivity contribution < 1.29 is 19.4 Å². The highest BCUT2D eigenvalue weighted by Crippen LogP contribution is 2.21. The molecule has 0 aromatic heterocycles. The summed E-state index contributed by atoms with van der Waals surface area (Å²) in [6.45, 7) is 3.86. The quantitative estimate of drug-likeness (QED) is 0.818. The number of anilines is 1. The fraction of sp³-hybridized carbons (Fsp3) is 0.263. The van der Waals surface area contributed by atoms with Crippen molar-refractivity contribution >= 4 is 17.6 Å². The van der Waals surface area contributed by atoms with Crippen LogP contribution in [0.5, 0.6) is 5.75 Å². The van der Waals surface area contributed by atoms with Crippen LogP contribution in [0.1, 0.15) is 25.0 Å². The Morgan fingerprint density at radius 2 is 1.62 bits per heavy atom. The van der Waals surface area contributed by atoms with E-state index in [0.717, 1.165) is 5.56 Å². The van der Waals surface area contributed by atoms with Gasteiger partial charge in [0.05, 0.1) is 18.9 Å². The second-order valence-corrected chi connectivity index (χ2v) is 5.73. The molecule has 0 saturated heterocycles.